The first-order chi connectivity index (χ1) is 7.57. The van der Waals surface area contributed by atoms with E-state index in [4.69, 9.17) is 13.9 Å². The lowest BCUT2D eigenvalue weighted by atomic mass is 10.3. The monoisotopic (exact) mass is 248 g/mol. The number of rotatable bonds is 3. The van der Waals surface area contributed by atoms with Gasteiger partial charge in [-0.15, -0.1) is 0 Å². The first kappa shape index (κ1) is 14.1. The molecule has 5 heteroatoms. The van der Waals surface area contributed by atoms with E-state index in [1.165, 1.54) is 12.5 Å². The molecule has 0 bridgehead atoms. The van der Waals surface area contributed by atoms with Crippen molar-refractivity contribution in [3.63, 3.8) is 0 Å². The highest BCUT2D eigenvalue weighted by atomic mass is 28.4. The SMILES string of the molecule is COC.C[Si]1(C)CCCC(OCC2CO2)O1. The maximum atomic E-state index is 5.91. The molecule has 2 atom stereocenters. The van der Waals surface area contributed by atoms with Crippen molar-refractivity contribution in [3.8, 4) is 0 Å². The number of hydrogen-bond acceptors (Lipinski definition) is 4. The van der Waals surface area contributed by atoms with E-state index in [0.717, 1.165) is 19.6 Å². The molecular formula is C11H24O4Si. The van der Waals surface area contributed by atoms with Gasteiger partial charge in [0.15, 0.2) is 8.32 Å². The van der Waals surface area contributed by atoms with E-state index in [9.17, 15) is 0 Å². The minimum atomic E-state index is -1.37. The molecule has 2 unspecified atom stereocenters. The van der Waals surface area contributed by atoms with Crippen molar-refractivity contribution in [2.45, 2.75) is 44.4 Å². The third kappa shape index (κ3) is 5.96. The second-order valence-corrected chi connectivity index (χ2v) is 9.15. The average molecular weight is 248 g/mol. The van der Waals surface area contributed by atoms with Crippen molar-refractivity contribution in [3.05, 3.63) is 0 Å². The average Bonchev–Trinajstić information content (AvgIpc) is 2.98. The van der Waals surface area contributed by atoms with Gasteiger partial charge in [0.2, 0.25) is 0 Å². The van der Waals surface area contributed by atoms with Gasteiger partial charge in [-0.3, -0.25) is 0 Å². The summed E-state index contributed by atoms with van der Waals surface area (Å²) in [6, 6.07) is 1.27. The molecular weight excluding hydrogens is 224 g/mol. The highest BCUT2D eigenvalue weighted by molar-refractivity contribution is 6.71. The van der Waals surface area contributed by atoms with Crippen molar-refractivity contribution in [1.82, 2.24) is 0 Å². The van der Waals surface area contributed by atoms with Gasteiger partial charge in [0.25, 0.3) is 0 Å². The summed E-state index contributed by atoms with van der Waals surface area (Å²) < 4.78 is 20.9. The molecule has 0 amide bonds. The summed E-state index contributed by atoms with van der Waals surface area (Å²) >= 11 is 0. The Morgan fingerprint density at radius 3 is 2.44 bits per heavy atom. The topological polar surface area (TPSA) is 40.2 Å². The molecule has 2 saturated heterocycles. The van der Waals surface area contributed by atoms with Gasteiger partial charge in [-0.25, -0.2) is 0 Å². The summed E-state index contributed by atoms with van der Waals surface area (Å²) in [4.78, 5) is 0. The molecule has 2 aliphatic rings. The van der Waals surface area contributed by atoms with Crippen molar-refractivity contribution < 1.29 is 18.6 Å². The molecule has 0 radical (unpaired) electrons. The van der Waals surface area contributed by atoms with E-state index >= 15 is 0 Å². The van der Waals surface area contributed by atoms with Gasteiger partial charge in [0.05, 0.1) is 13.2 Å². The maximum absolute atomic E-state index is 5.91. The van der Waals surface area contributed by atoms with Crippen molar-refractivity contribution >= 4 is 8.32 Å². The van der Waals surface area contributed by atoms with Crippen LogP contribution in [0.25, 0.3) is 0 Å². The zero-order valence-electron chi connectivity index (χ0n) is 10.8. The third-order valence-electron chi connectivity index (χ3n) is 2.54. The summed E-state index contributed by atoms with van der Waals surface area (Å²) in [7, 11) is 1.88. The van der Waals surface area contributed by atoms with Gasteiger partial charge < -0.3 is 18.6 Å². The molecule has 0 saturated carbocycles. The zero-order valence-corrected chi connectivity index (χ0v) is 11.8. The third-order valence-corrected chi connectivity index (χ3v) is 5.00. The molecule has 2 fully saturated rings. The fourth-order valence-corrected chi connectivity index (χ4v) is 3.74. The van der Waals surface area contributed by atoms with Gasteiger partial charge in [0, 0.05) is 14.2 Å². The maximum Gasteiger partial charge on any atom is 0.190 e. The van der Waals surface area contributed by atoms with Crippen LogP contribution in [0.3, 0.4) is 0 Å². The Labute approximate surface area is 99.3 Å². The van der Waals surface area contributed by atoms with E-state index < -0.39 is 8.32 Å². The molecule has 4 nitrogen and oxygen atoms in total. The molecule has 96 valence electrons. The first-order valence-electron chi connectivity index (χ1n) is 5.88. The summed E-state index contributed by atoms with van der Waals surface area (Å²) in [5.41, 5.74) is 0. The van der Waals surface area contributed by atoms with Gasteiger partial charge in [-0.1, -0.05) is 0 Å². The van der Waals surface area contributed by atoms with E-state index in [2.05, 4.69) is 17.8 Å². The molecule has 0 spiro atoms. The van der Waals surface area contributed by atoms with Crippen LogP contribution >= 0.6 is 0 Å². The van der Waals surface area contributed by atoms with E-state index in [1.807, 2.05) is 0 Å². The second-order valence-electron chi connectivity index (χ2n) is 4.90. The zero-order chi connectivity index (χ0) is 12.0. The lowest BCUT2D eigenvalue weighted by Gasteiger charge is -2.34. The lowest BCUT2D eigenvalue weighted by Crippen LogP contribution is -2.40. The Morgan fingerprint density at radius 1 is 1.31 bits per heavy atom. The summed E-state index contributed by atoms with van der Waals surface area (Å²) in [5, 5.41) is 0. The van der Waals surface area contributed by atoms with Crippen LogP contribution in [-0.4, -0.2) is 48.1 Å². The lowest BCUT2D eigenvalue weighted by molar-refractivity contribution is -0.101. The Kier molecular flexibility index (Phi) is 5.92. The van der Waals surface area contributed by atoms with Crippen LogP contribution in [0.5, 0.6) is 0 Å². The highest BCUT2D eigenvalue weighted by Crippen LogP contribution is 2.26. The molecule has 2 rings (SSSR count). The van der Waals surface area contributed by atoms with E-state index in [0.29, 0.717) is 6.10 Å². The predicted octanol–water partition coefficient (Wildman–Crippen LogP) is 2.01. The van der Waals surface area contributed by atoms with E-state index in [-0.39, 0.29) is 6.29 Å². The molecule has 0 aromatic heterocycles. The van der Waals surface area contributed by atoms with Gasteiger partial charge >= 0.3 is 0 Å². The largest absolute Gasteiger partial charge is 0.393 e. The number of epoxide rings is 1. The fraction of sp³-hybridized carbons (Fsp3) is 1.00. The minimum Gasteiger partial charge on any atom is -0.393 e. The number of hydrogen-bond donors (Lipinski definition) is 0. The molecule has 0 aliphatic carbocycles. The minimum absolute atomic E-state index is 0.0552. The Morgan fingerprint density at radius 2 is 1.94 bits per heavy atom. The quantitative estimate of drug-likeness (QED) is 0.566. The van der Waals surface area contributed by atoms with Gasteiger partial charge in [-0.2, -0.15) is 0 Å². The van der Waals surface area contributed by atoms with Crippen LogP contribution in [0, 0.1) is 0 Å². The van der Waals surface area contributed by atoms with Crippen LogP contribution in [0.1, 0.15) is 12.8 Å². The summed E-state index contributed by atoms with van der Waals surface area (Å²) in [6.45, 7) is 6.11. The molecule has 0 aromatic rings. The van der Waals surface area contributed by atoms with Gasteiger partial charge in [-0.05, 0) is 32.0 Å². The van der Waals surface area contributed by atoms with Crippen LogP contribution in [0.4, 0.5) is 0 Å². The smallest absolute Gasteiger partial charge is 0.190 e. The summed E-state index contributed by atoms with van der Waals surface area (Å²) in [6.07, 6.45) is 2.73. The standard InChI is InChI=1S/C9H18O3Si.C2H6O/c1-13(2)5-3-4-9(12-13)11-7-8-6-10-8;1-3-2/h8-9H,3-7H2,1-2H3;1-2H3. The predicted molar refractivity (Wildman–Crippen MR) is 65.0 cm³/mol. The molecule has 2 heterocycles. The Balaban J connectivity index is 0.000000386. The van der Waals surface area contributed by atoms with Crippen LogP contribution in [-0.2, 0) is 18.6 Å². The first-order valence-corrected chi connectivity index (χ1v) is 9.00. The van der Waals surface area contributed by atoms with Crippen LogP contribution < -0.4 is 0 Å². The normalized spacial score (nSPS) is 31.5. The van der Waals surface area contributed by atoms with Gasteiger partial charge in [0.1, 0.15) is 12.4 Å². The fourth-order valence-electron chi connectivity index (χ4n) is 1.66. The number of methoxy groups -OCH3 is 1. The molecule has 0 aromatic carbocycles. The summed E-state index contributed by atoms with van der Waals surface area (Å²) in [5.74, 6) is 0. The second kappa shape index (κ2) is 6.71. The Hall–Kier alpha value is 0.0569. The van der Waals surface area contributed by atoms with Crippen LogP contribution in [0.2, 0.25) is 19.1 Å². The Bertz CT molecular complexity index is 194. The van der Waals surface area contributed by atoms with Crippen LogP contribution in [0.15, 0.2) is 0 Å². The van der Waals surface area contributed by atoms with Crippen molar-refractivity contribution in [1.29, 1.82) is 0 Å². The number of ether oxygens (including phenoxy) is 3. The molecule has 2 aliphatic heterocycles. The highest BCUT2D eigenvalue weighted by Gasteiger charge is 2.33. The van der Waals surface area contributed by atoms with Crippen molar-refractivity contribution in [2.75, 3.05) is 27.4 Å². The molecule has 16 heavy (non-hydrogen) atoms. The van der Waals surface area contributed by atoms with E-state index in [1.54, 1.807) is 14.2 Å². The molecule has 0 N–H and O–H groups in total. The van der Waals surface area contributed by atoms with Crippen molar-refractivity contribution in [2.24, 2.45) is 0 Å².